The summed E-state index contributed by atoms with van der Waals surface area (Å²) < 4.78 is 89.0. The average molecular weight is 563 g/mol. The molecule has 0 aromatic carbocycles. The Kier molecular flexibility index (Phi) is 10.6. The number of hydrogen-bond acceptors (Lipinski definition) is 8. The van der Waals surface area contributed by atoms with Crippen molar-refractivity contribution in [2.24, 2.45) is 0 Å². The van der Waals surface area contributed by atoms with Gasteiger partial charge in [0, 0.05) is 30.4 Å². The zero-order chi connectivity index (χ0) is 27.8. The van der Waals surface area contributed by atoms with Crippen LogP contribution in [-0.4, -0.2) is 80.8 Å². The molecule has 0 unspecified atom stereocenters. The number of morpholine rings is 1. The Morgan fingerprint density at radius 2 is 1.70 bits per heavy atom. The molecule has 2 aromatic heterocycles. The molecule has 2 fully saturated rings. The van der Waals surface area contributed by atoms with E-state index < -0.39 is 30.1 Å². The molecule has 1 saturated carbocycles. The molecule has 0 spiro atoms. The Morgan fingerprint density at radius 3 is 2.22 bits per heavy atom. The Labute approximate surface area is 208 Å². The van der Waals surface area contributed by atoms with Crippen molar-refractivity contribution in [1.29, 1.82) is 0 Å². The van der Waals surface area contributed by atoms with E-state index in [1.807, 2.05) is 11.6 Å². The fourth-order valence-electron chi connectivity index (χ4n) is 3.42. The minimum atomic E-state index is -5.08. The molecule has 206 valence electrons. The van der Waals surface area contributed by atoms with E-state index in [-0.39, 0.29) is 18.1 Å². The van der Waals surface area contributed by atoms with Gasteiger partial charge < -0.3 is 19.7 Å². The lowest BCUT2D eigenvalue weighted by Gasteiger charge is -2.38. The number of rotatable bonds is 4. The summed E-state index contributed by atoms with van der Waals surface area (Å²) in [6.07, 6.45) is -5.15. The molecule has 4 rings (SSSR count). The molecule has 17 heteroatoms. The maximum atomic E-state index is 13.8. The van der Waals surface area contributed by atoms with Crippen molar-refractivity contribution in [3.63, 3.8) is 0 Å². The van der Waals surface area contributed by atoms with Crippen LogP contribution in [0.3, 0.4) is 0 Å². The third kappa shape index (κ3) is 9.40. The van der Waals surface area contributed by atoms with Gasteiger partial charge in [0.1, 0.15) is 17.2 Å². The van der Waals surface area contributed by atoms with E-state index in [9.17, 15) is 30.7 Å². The number of hydrogen-bond donors (Lipinski definition) is 2. The van der Waals surface area contributed by atoms with Gasteiger partial charge >= 0.3 is 24.3 Å². The molecule has 0 bridgehead atoms. The predicted octanol–water partition coefficient (Wildman–Crippen LogP) is 3.75. The van der Waals surface area contributed by atoms with Crippen LogP contribution in [0.25, 0.3) is 0 Å². The number of pyridine rings is 1. The van der Waals surface area contributed by atoms with Crippen LogP contribution in [0.15, 0.2) is 29.9 Å². The van der Waals surface area contributed by atoms with Crippen LogP contribution in [0, 0.1) is 5.82 Å². The number of nitrogens with zero attached hydrogens (tertiary/aromatic N) is 3. The molecule has 0 amide bonds. The van der Waals surface area contributed by atoms with Gasteiger partial charge in [0.15, 0.2) is 5.82 Å². The average Bonchev–Trinajstić information content (AvgIpc) is 3.46. The van der Waals surface area contributed by atoms with Crippen LogP contribution in [0.4, 0.5) is 30.7 Å². The highest BCUT2D eigenvalue weighted by Gasteiger charge is 2.44. The van der Waals surface area contributed by atoms with Crippen LogP contribution in [0.1, 0.15) is 17.8 Å². The highest BCUT2D eigenvalue weighted by atomic mass is 32.1. The van der Waals surface area contributed by atoms with Crippen molar-refractivity contribution in [2.45, 2.75) is 50.0 Å². The fourth-order valence-corrected chi connectivity index (χ4v) is 4.06. The molecule has 1 saturated heterocycles. The van der Waals surface area contributed by atoms with Crippen LogP contribution in [-0.2, 0) is 20.9 Å². The van der Waals surface area contributed by atoms with E-state index in [1.54, 1.807) is 23.6 Å². The molecule has 2 aromatic rings. The number of halogens is 7. The number of thiazole rings is 1. The molecule has 3 atom stereocenters. The monoisotopic (exact) mass is 563 g/mol. The summed E-state index contributed by atoms with van der Waals surface area (Å²) in [5.74, 6) is -5.87. The molecule has 9 nitrogen and oxygen atoms in total. The smallest absolute Gasteiger partial charge is 0.475 e. The van der Waals surface area contributed by atoms with Crippen molar-refractivity contribution in [3.05, 3.63) is 40.7 Å². The quantitative estimate of drug-likeness (QED) is 0.536. The molecule has 1 aliphatic heterocycles. The van der Waals surface area contributed by atoms with Gasteiger partial charge in [0.05, 0.1) is 13.2 Å². The van der Waals surface area contributed by atoms with Crippen molar-refractivity contribution in [3.8, 4) is 5.88 Å². The number of carboxylic acids is 2. The van der Waals surface area contributed by atoms with Gasteiger partial charge in [-0.15, -0.1) is 11.3 Å². The standard InChI is InChI=1S/C16H18FN3O2S.2C2HF3O2/c17-11-2-1-5-19-16(11)22-13-4-3-12-15(13)21-8-7-20(12)10-14-18-6-9-23-14;2*3-2(4,5)1(6)7/h1-2,5-6,9,12-13,15H,3-4,7-8,10H2;2*(H,6,7)/t12-,13+,15+;;/m0../s1. The first-order chi connectivity index (χ1) is 17.2. The van der Waals surface area contributed by atoms with Gasteiger partial charge in [-0.05, 0) is 25.0 Å². The van der Waals surface area contributed by atoms with Crippen molar-refractivity contribution >= 4 is 23.3 Å². The summed E-state index contributed by atoms with van der Waals surface area (Å²) in [6, 6.07) is 3.22. The Balaban J connectivity index is 0.000000286. The van der Waals surface area contributed by atoms with Crippen molar-refractivity contribution in [1.82, 2.24) is 14.9 Å². The van der Waals surface area contributed by atoms with E-state index in [1.165, 1.54) is 6.07 Å². The highest BCUT2D eigenvalue weighted by molar-refractivity contribution is 7.09. The van der Waals surface area contributed by atoms with Crippen LogP contribution in [0.5, 0.6) is 5.88 Å². The number of carboxylic acid groups (broad SMARTS) is 2. The van der Waals surface area contributed by atoms with E-state index in [2.05, 4.69) is 14.9 Å². The molecule has 0 radical (unpaired) electrons. The summed E-state index contributed by atoms with van der Waals surface area (Å²) in [5, 5.41) is 17.4. The second-order valence-electron chi connectivity index (χ2n) is 7.43. The Bertz CT molecular complexity index is 999. The maximum Gasteiger partial charge on any atom is 0.490 e. The lowest BCUT2D eigenvalue weighted by Crippen LogP contribution is -2.51. The van der Waals surface area contributed by atoms with Gasteiger partial charge in [0.25, 0.3) is 5.88 Å². The van der Waals surface area contributed by atoms with Gasteiger partial charge in [-0.25, -0.2) is 23.9 Å². The van der Waals surface area contributed by atoms with Crippen LogP contribution < -0.4 is 4.74 Å². The summed E-state index contributed by atoms with van der Waals surface area (Å²) in [4.78, 5) is 28.6. The second-order valence-corrected chi connectivity index (χ2v) is 8.41. The van der Waals surface area contributed by atoms with Gasteiger partial charge in [0.2, 0.25) is 0 Å². The fraction of sp³-hybridized carbons (Fsp3) is 0.500. The van der Waals surface area contributed by atoms with Gasteiger partial charge in [-0.3, -0.25) is 4.90 Å². The lowest BCUT2D eigenvalue weighted by molar-refractivity contribution is -0.193. The third-order valence-electron chi connectivity index (χ3n) is 4.94. The number of carbonyl (C=O) groups is 2. The summed E-state index contributed by atoms with van der Waals surface area (Å²) in [7, 11) is 0. The number of aliphatic carboxylic acids is 2. The lowest BCUT2D eigenvalue weighted by atomic mass is 10.1. The summed E-state index contributed by atoms with van der Waals surface area (Å²) in [5.41, 5.74) is 0. The molecule has 2 N–H and O–H groups in total. The predicted molar refractivity (Wildman–Crippen MR) is 111 cm³/mol. The van der Waals surface area contributed by atoms with Crippen LogP contribution >= 0.6 is 11.3 Å². The Hall–Kier alpha value is -3.05. The topological polar surface area (TPSA) is 122 Å². The zero-order valence-corrected chi connectivity index (χ0v) is 19.4. The minimum Gasteiger partial charge on any atom is -0.475 e. The molecule has 1 aliphatic carbocycles. The molecule has 3 heterocycles. The molecular weight excluding hydrogens is 543 g/mol. The summed E-state index contributed by atoms with van der Waals surface area (Å²) >= 11 is 1.67. The van der Waals surface area contributed by atoms with Crippen LogP contribution in [0.2, 0.25) is 0 Å². The van der Waals surface area contributed by atoms with E-state index >= 15 is 0 Å². The van der Waals surface area contributed by atoms with E-state index in [0.29, 0.717) is 12.6 Å². The molecule has 37 heavy (non-hydrogen) atoms. The number of aromatic nitrogens is 2. The highest BCUT2D eigenvalue weighted by Crippen LogP contribution is 2.34. The van der Waals surface area contributed by atoms with E-state index in [4.69, 9.17) is 29.3 Å². The SMILES string of the molecule is Fc1cccnc1O[C@@H]1CC[C@H]2[C@H]1OCCN2Cc1nccs1.O=C(O)C(F)(F)F.O=C(O)C(F)(F)F. The third-order valence-corrected chi connectivity index (χ3v) is 5.71. The van der Waals surface area contributed by atoms with Gasteiger partial charge in [-0.1, -0.05) is 0 Å². The first kappa shape index (κ1) is 30.2. The first-order valence-electron chi connectivity index (χ1n) is 10.3. The maximum absolute atomic E-state index is 13.8. The van der Waals surface area contributed by atoms with E-state index in [0.717, 1.165) is 30.9 Å². The second kappa shape index (κ2) is 13.0. The van der Waals surface area contributed by atoms with Crippen molar-refractivity contribution < 1.29 is 60.0 Å². The number of alkyl halides is 6. The van der Waals surface area contributed by atoms with Gasteiger partial charge in [-0.2, -0.15) is 26.3 Å². The summed E-state index contributed by atoms with van der Waals surface area (Å²) in [6.45, 7) is 2.40. The number of ether oxygens (including phenoxy) is 2. The largest absolute Gasteiger partial charge is 0.490 e. The Morgan fingerprint density at radius 1 is 1.08 bits per heavy atom. The molecule has 2 aliphatic rings. The normalized spacial score (nSPS) is 21.5. The zero-order valence-electron chi connectivity index (χ0n) is 18.6. The first-order valence-corrected chi connectivity index (χ1v) is 11.2. The van der Waals surface area contributed by atoms with Crippen molar-refractivity contribution in [2.75, 3.05) is 13.2 Å². The minimum absolute atomic E-state index is 0.0369. The molecular formula is C20H20F7N3O6S. The number of fused-ring (bicyclic) bond motifs is 1.